The molecule has 2 atom stereocenters. The molecule has 0 aliphatic rings. The first kappa shape index (κ1) is 31.5. The maximum atomic E-state index is 5.36. The minimum Gasteiger partial charge on any atom is -0.286 e. The van der Waals surface area contributed by atoms with Gasteiger partial charge in [-0.25, -0.2) is 0 Å². The fraction of sp³-hybridized carbons (Fsp3) is 0.0952. The van der Waals surface area contributed by atoms with Crippen molar-refractivity contribution >= 4 is 49.5 Å². The summed E-state index contributed by atoms with van der Waals surface area (Å²) in [6, 6.07) is 64.4. The molecule has 46 heavy (non-hydrogen) atoms. The lowest BCUT2D eigenvalue weighted by atomic mass is 9.94. The van der Waals surface area contributed by atoms with Crippen LogP contribution in [0.4, 0.5) is 0 Å². The monoisotopic (exact) mass is 632 g/mol. The Bertz CT molecular complexity index is 1560. The molecule has 4 heteroatoms. The van der Waals surface area contributed by atoms with Crippen molar-refractivity contribution in [3.63, 3.8) is 0 Å². The highest BCUT2D eigenvalue weighted by atomic mass is 31.1. The molecule has 0 spiro atoms. The van der Waals surface area contributed by atoms with E-state index in [1.807, 2.05) is 0 Å². The van der Waals surface area contributed by atoms with Crippen LogP contribution in [0.15, 0.2) is 192 Å². The molecule has 0 bridgehead atoms. The fourth-order valence-corrected chi connectivity index (χ4v) is 9.72. The summed E-state index contributed by atoms with van der Waals surface area (Å²) in [5.74, 6) is 0. The molecule has 0 saturated heterocycles. The maximum Gasteiger partial charge on any atom is 0.101 e. The highest BCUT2D eigenvalue weighted by molar-refractivity contribution is 7.74. The zero-order chi connectivity index (χ0) is 31.2. The number of hydrogen-bond acceptors (Lipinski definition) is 2. The van der Waals surface area contributed by atoms with Crippen molar-refractivity contribution in [1.82, 2.24) is 0 Å². The summed E-state index contributed by atoms with van der Waals surface area (Å²) in [4.78, 5) is 10.7. The third-order valence-electron chi connectivity index (χ3n) is 7.91. The predicted octanol–water partition coefficient (Wildman–Crippen LogP) is 8.88. The van der Waals surface area contributed by atoms with Crippen molar-refractivity contribution in [3.05, 3.63) is 193 Å². The molecule has 0 fully saturated rings. The average Bonchev–Trinajstić information content (AvgIpc) is 3.14. The highest BCUT2D eigenvalue weighted by Gasteiger charge is 2.24. The number of hydrogen-bond donors (Lipinski definition) is 0. The van der Waals surface area contributed by atoms with Crippen LogP contribution < -0.4 is 21.2 Å². The molecular formula is C42H38N2P2. The van der Waals surface area contributed by atoms with Gasteiger partial charge in [0.05, 0.1) is 0 Å². The Kier molecular flexibility index (Phi) is 11.5. The van der Waals surface area contributed by atoms with Gasteiger partial charge in [0.25, 0.3) is 0 Å². The SMILES string of the molecule is C(/CP(c1ccccc1)c1ccccc1)=N\C(c1ccccc1)[C@@H](/N=C/CP(c1ccccc1)c1ccccc1)c1ccccc1. The van der Waals surface area contributed by atoms with Crippen LogP contribution in [0.25, 0.3) is 0 Å². The van der Waals surface area contributed by atoms with Crippen LogP contribution in [-0.4, -0.2) is 24.8 Å². The molecule has 0 aromatic heterocycles. The second-order valence-electron chi connectivity index (χ2n) is 10.9. The second-order valence-corrected chi connectivity index (χ2v) is 15.4. The standard InChI is InChI=1S/C42H38N2P2/c1-7-19-35(20-8-1)41(43-31-33-45(37-23-11-3-12-24-37)38-25-13-4-14-26-38)42(36-21-9-2-10-22-36)44-32-34-46(39-27-15-5-16-28-39)40-29-17-6-18-30-40/h1-32,41-42H,33-34H2/b43-31+,44-32+/t41-,42?/m0/s1. The average molecular weight is 633 g/mol. The van der Waals surface area contributed by atoms with Gasteiger partial charge >= 0.3 is 0 Å². The summed E-state index contributed by atoms with van der Waals surface area (Å²) in [6.45, 7) is 0. The van der Waals surface area contributed by atoms with Gasteiger partial charge in [-0.05, 0) is 48.2 Å². The zero-order valence-electron chi connectivity index (χ0n) is 25.8. The molecular weight excluding hydrogens is 594 g/mol. The number of rotatable bonds is 13. The van der Waals surface area contributed by atoms with E-state index in [2.05, 4.69) is 194 Å². The van der Waals surface area contributed by atoms with E-state index in [-0.39, 0.29) is 12.1 Å². The smallest absolute Gasteiger partial charge is 0.101 e. The highest BCUT2D eigenvalue weighted by Crippen LogP contribution is 2.38. The molecule has 1 unspecified atom stereocenters. The molecule has 0 N–H and O–H groups in total. The lowest BCUT2D eigenvalue weighted by Gasteiger charge is -2.23. The van der Waals surface area contributed by atoms with Crippen molar-refractivity contribution < 1.29 is 0 Å². The molecule has 0 aliphatic carbocycles. The van der Waals surface area contributed by atoms with Crippen molar-refractivity contribution in [2.45, 2.75) is 12.1 Å². The summed E-state index contributed by atoms with van der Waals surface area (Å²) in [7, 11) is -1.16. The van der Waals surface area contributed by atoms with Crippen LogP contribution in [-0.2, 0) is 0 Å². The molecule has 226 valence electrons. The fourth-order valence-electron chi connectivity index (χ4n) is 5.64. The van der Waals surface area contributed by atoms with Crippen LogP contribution in [0, 0.1) is 0 Å². The van der Waals surface area contributed by atoms with Crippen LogP contribution in [0.5, 0.6) is 0 Å². The summed E-state index contributed by atoms with van der Waals surface area (Å²) >= 11 is 0. The first-order valence-electron chi connectivity index (χ1n) is 15.8. The minimum absolute atomic E-state index is 0.150. The molecule has 6 rings (SSSR count). The maximum absolute atomic E-state index is 5.36. The molecule has 6 aromatic carbocycles. The Labute approximate surface area is 276 Å². The lowest BCUT2D eigenvalue weighted by Crippen LogP contribution is -2.16. The lowest BCUT2D eigenvalue weighted by molar-refractivity contribution is 0.583. The minimum atomic E-state index is -0.580. The Balaban J connectivity index is 1.34. The van der Waals surface area contributed by atoms with E-state index in [1.54, 1.807) is 0 Å². The van der Waals surface area contributed by atoms with Crippen LogP contribution in [0.2, 0.25) is 0 Å². The second kappa shape index (κ2) is 16.7. The van der Waals surface area contributed by atoms with Gasteiger partial charge in [0.1, 0.15) is 12.1 Å². The van der Waals surface area contributed by atoms with E-state index in [1.165, 1.54) is 32.3 Å². The first-order valence-corrected chi connectivity index (χ1v) is 18.8. The van der Waals surface area contributed by atoms with Gasteiger partial charge in [0, 0.05) is 24.8 Å². The van der Waals surface area contributed by atoms with E-state index in [9.17, 15) is 0 Å². The van der Waals surface area contributed by atoms with Gasteiger partial charge in [-0.15, -0.1) is 0 Å². The zero-order valence-corrected chi connectivity index (χ0v) is 27.6. The Hall–Kier alpha value is -4.48. The van der Waals surface area contributed by atoms with Gasteiger partial charge in [0.2, 0.25) is 0 Å². The first-order chi connectivity index (χ1) is 22.9. The van der Waals surface area contributed by atoms with Crippen molar-refractivity contribution in [2.75, 3.05) is 12.3 Å². The van der Waals surface area contributed by atoms with Gasteiger partial charge in [0.15, 0.2) is 0 Å². The summed E-state index contributed by atoms with van der Waals surface area (Å²) in [5.41, 5.74) is 2.34. The van der Waals surface area contributed by atoms with E-state index in [0.29, 0.717) is 0 Å². The van der Waals surface area contributed by atoms with Gasteiger partial charge in [-0.1, -0.05) is 182 Å². The van der Waals surface area contributed by atoms with Crippen LogP contribution in [0.3, 0.4) is 0 Å². The Morgan fingerprint density at radius 2 is 0.587 bits per heavy atom. The number of nitrogens with zero attached hydrogens (tertiary/aromatic N) is 2. The molecule has 0 amide bonds. The topological polar surface area (TPSA) is 24.7 Å². The number of aliphatic imine (C=N–C) groups is 2. The molecule has 2 nitrogen and oxygen atoms in total. The predicted molar refractivity (Wildman–Crippen MR) is 203 cm³/mol. The summed E-state index contributed by atoms with van der Waals surface area (Å²) in [5, 5.41) is 5.44. The largest absolute Gasteiger partial charge is 0.286 e. The Morgan fingerprint density at radius 1 is 0.348 bits per heavy atom. The van der Waals surface area contributed by atoms with E-state index in [0.717, 1.165) is 12.3 Å². The van der Waals surface area contributed by atoms with Gasteiger partial charge < -0.3 is 0 Å². The molecule has 0 aliphatic heterocycles. The third-order valence-corrected chi connectivity index (χ3v) is 12.7. The molecule has 0 radical (unpaired) electrons. The van der Waals surface area contributed by atoms with Crippen molar-refractivity contribution in [1.29, 1.82) is 0 Å². The third kappa shape index (κ3) is 8.41. The summed E-state index contributed by atoms with van der Waals surface area (Å²) < 4.78 is 0. The van der Waals surface area contributed by atoms with E-state index >= 15 is 0 Å². The van der Waals surface area contributed by atoms with E-state index in [4.69, 9.17) is 9.98 Å². The normalized spacial score (nSPS) is 13.0. The van der Waals surface area contributed by atoms with Crippen LogP contribution >= 0.6 is 15.8 Å². The van der Waals surface area contributed by atoms with Crippen LogP contribution in [0.1, 0.15) is 23.2 Å². The summed E-state index contributed by atoms with van der Waals surface area (Å²) in [6.07, 6.45) is 6.06. The van der Waals surface area contributed by atoms with Crippen molar-refractivity contribution in [2.24, 2.45) is 9.98 Å². The van der Waals surface area contributed by atoms with Gasteiger partial charge in [-0.2, -0.15) is 0 Å². The molecule has 0 heterocycles. The Morgan fingerprint density at radius 3 is 0.848 bits per heavy atom. The number of benzene rings is 6. The quantitative estimate of drug-likeness (QED) is 0.0898. The molecule has 6 aromatic rings. The van der Waals surface area contributed by atoms with E-state index < -0.39 is 15.8 Å². The molecule has 0 saturated carbocycles. The van der Waals surface area contributed by atoms with Gasteiger partial charge in [-0.3, -0.25) is 9.98 Å². The van der Waals surface area contributed by atoms with Crippen molar-refractivity contribution in [3.8, 4) is 0 Å².